The van der Waals surface area contributed by atoms with Crippen molar-refractivity contribution >= 4 is 29.1 Å². The molecule has 1 atom stereocenters. The molecule has 7 heteroatoms. The molecule has 3 aliphatic rings. The minimum atomic E-state index is -0.705. The Balaban J connectivity index is 1.40. The lowest BCUT2D eigenvalue weighted by atomic mass is 10.0. The monoisotopic (exact) mass is 371 g/mol. The van der Waals surface area contributed by atoms with E-state index in [1.807, 2.05) is 11.0 Å². The van der Waals surface area contributed by atoms with Crippen LogP contribution in [0.3, 0.4) is 0 Å². The normalized spacial score (nSPS) is 21.5. The Morgan fingerprint density at radius 1 is 1.11 bits per heavy atom. The van der Waals surface area contributed by atoms with E-state index in [1.54, 1.807) is 12.1 Å². The average molecular weight is 371 g/mol. The van der Waals surface area contributed by atoms with E-state index in [1.165, 1.54) is 0 Å². The maximum absolute atomic E-state index is 12.5. The summed E-state index contributed by atoms with van der Waals surface area (Å²) in [5.74, 6) is -1.05. The standard InChI is InChI=1S/C20H25N3O4/c24-18(21-12-16-4-2-10-27-16)19(25)22-15-8-7-13-3-1-9-23(17(13)11-15)20(26)14-5-6-14/h7-8,11,14,16H,1-6,9-10,12H2,(H,21,24)(H,22,25)/t16-/m1/s1. The molecule has 7 nitrogen and oxygen atoms in total. The summed E-state index contributed by atoms with van der Waals surface area (Å²) in [6.45, 7) is 1.76. The zero-order valence-corrected chi connectivity index (χ0v) is 15.3. The lowest BCUT2D eigenvalue weighted by Gasteiger charge is -2.30. The number of benzene rings is 1. The Hall–Kier alpha value is -2.41. The fraction of sp³-hybridized carbons (Fsp3) is 0.550. The third-order valence-corrected chi connectivity index (χ3v) is 5.37. The van der Waals surface area contributed by atoms with Gasteiger partial charge in [-0.05, 0) is 56.2 Å². The van der Waals surface area contributed by atoms with E-state index in [0.29, 0.717) is 25.4 Å². The van der Waals surface area contributed by atoms with Gasteiger partial charge in [-0.3, -0.25) is 14.4 Å². The topological polar surface area (TPSA) is 87.7 Å². The van der Waals surface area contributed by atoms with Crippen LogP contribution in [0, 0.1) is 5.92 Å². The highest BCUT2D eigenvalue weighted by molar-refractivity contribution is 6.39. The molecule has 3 amide bonds. The molecule has 0 bridgehead atoms. The summed E-state index contributed by atoms with van der Waals surface area (Å²) in [6, 6.07) is 5.52. The summed E-state index contributed by atoms with van der Waals surface area (Å²) < 4.78 is 5.44. The van der Waals surface area contributed by atoms with Gasteiger partial charge < -0.3 is 20.3 Å². The Bertz CT molecular complexity index is 754. The number of rotatable bonds is 4. The van der Waals surface area contributed by atoms with Gasteiger partial charge >= 0.3 is 11.8 Å². The first-order chi connectivity index (χ1) is 13.1. The largest absolute Gasteiger partial charge is 0.376 e. The molecule has 1 aromatic rings. The zero-order chi connectivity index (χ0) is 18.8. The van der Waals surface area contributed by atoms with Crippen molar-refractivity contribution < 1.29 is 19.1 Å². The second-order valence-electron chi connectivity index (χ2n) is 7.51. The van der Waals surface area contributed by atoms with Gasteiger partial charge in [0, 0.05) is 37.0 Å². The summed E-state index contributed by atoms with van der Waals surface area (Å²) in [6.07, 6.45) is 5.67. The van der Waals surface area contributed by atoms with Gasteiger partial charge in [0.25, 0.3) is 0 Å². The van der Waals surface area contributed by atoms with Crippen LogP contribution >= 0.6 is 0 Å². The fourth-order valence-corrected chi connectivity index (χ4v) is 3.71. The molecule has 0 radical (unpaired) electrons. The summed E-state index contributed by atoms with van der Waals surface area (Å²) in [7, 11) is 0. The van der Waals surface area contributed by atoms with Gasteiger partial charge in [-0.25, -0.2) is 0 Å². The SMILES string of the molecule is O=C(NC[C@H]1CCCO1)C(=O)Nc1ccc2c(c1)N(C(=O)C1CC1)CCC2. The van der Waals surface area contributed by atoms with Crippen LogP contribution in [0.2, 0.25) is 0 Å². The van der Waals surface area contributed by atoms with Gasteiger partial charge in [0.15, 0.2) is 0 Å². The van der Waals surface area contributed by atoms with E-state index in [-0.39, 0.29) is 17.9 Å². The van der Waals surface area contributed by atoms with Crippen molar-refractivity contribution in [2.45, 2.75) is 44.6 Å². The van der Waals surface area contributed by atoms with Gasteiger partial charge in [0.2, 0.25) is 5.91 Å². The number of hydrogen-bond acceptors (Lipinski definition) is 4. The van der Waals surface area contributed by atoms with Crippen molar-refractivity contribution in [2.24, 2.45) is 5.92 Å². The molecule has 27 heavy (non-hydrogen) atoms. The van der Waals surface area contributed by atoms with E-state index >= 15 is 0 Å². The van der Waals surface area contributed by atoms with E-state index in [0.717, 1.165) is 49.8 Å². The molecule has 1 saturated carbocycles. The third kappa shape index (κ3) is 4.13. The van der Waals surface area contributed by atoms with Crippen LogP contribution in [-0.4, -0.2) is 43.5 Å². The number of carbonyl (C=O) groups excluding carboxylic acids is 3. The smallest absolute Gasteiger partial charge is 0.313 e. The van der Waals surface area contributed by atoms with Crippen molar-refractivity contribution in [3.63, 3.8) is 0 Å². The molecule has 0 aromatic heterocycles. The number of carbonyl (C=O) groups is 3. The maximum Gasteiger partial charge on any atom is 0.313 e. The molecule has 2 N–H and O–H groups in total. The number of amides is 3. The summed E-state index contributed by atoms with van der Waals surface area (Å²) >= 11 is 0. The lowest BCUT2D eigenvalue weighted by Crippen LogP contribution is -2.39. The molecule has 2 aliphatic heterocycles. The molecule has 1 aliphatic carbocycles. The van der Waals surface area contributed by atoms with Crippen molar-refractivity contribution in [1.29, 1.82) is 0 Å². The molecular formula is C20H25N3O4. The number of ether oxygens (including phenoxy) is 1. The van der Waals surface area contributed by atoms with Gasteiger partial charge in [-0.1, -0.05) is 6.07 Å². The predicted molar refractivity (Wildman–Crippen MR) is 100 cm³/mol. The van der Waals surface area contributed by atoms with Crippen LogP contribution in [-0.2, 0) is 25.5 Å². The van der Waals surface area contributed by atoms with Gasteiger partial charge in [0.1, 0.15) is 0 Å². The summed E-state index contributed by atoms with van der Waals surface area (Å²) in [4.78, 5) is 38.6. The second-order valence-corrected chi connectivity index (χ2v) is 7.51. The van der Waals surface area contributed by atoms with Crippen LogP contribution in [0.1, 0.15) is 37.7 Å². The van der Waals surface area contributed by atoms with E-state index in [2.05, 4.69) is 10.6 Å². The second kappa shape index (κ2) is 7.68. The Labute approximate surface area is 158 Å². The molecule has 0 unspecified atom stereocenters. The molecule has 0 spiro atoms. The van der Waals surface area contributed by atoms with Gasteiger partial charge in [-0.2, -0.15) is 0 Å². The van der Waals surface area contributed by atoms with E-state index < -0.39 is 11.8 Å². The Morgan fingerprint density at radius 3 is 2.70 bits per heavy atom. The van der Waals surface area contributed by atoms with Crippen LogP contribution in [0.15, 0.2) is 18.2 Å². The molecule has 144 valence electrons. The first kappa shape index (κ1) is 18.0. The molecular weight excluding hydrogens is 346 g/mol. The summed E-state index contributed by atoms with van der Waals surface area (Å²) in [5, 5.41) is 5.26. The number of fused-ring (bicyclic) bond motifs is 1. The van der Waals surface area contributed by atoms with E-state index in [9.17, 15) is 14.4 Å². The average Bonchev–Trinajstić information content (AvgIpc) is 3.40. The van der Waals surface area contributed by atoms with Crippen LogP contribution in [0.4, 0.5) is 11.4 Å². The Kier molecular flexibility index (Phi) is 5.11. The van der Waals surface area contributed by atoms with E-state index in [4.69, 9.17) is 4.74 Å². The van der Waals surface area contributed by atoms with Crippen LogP contribution in [0.25, 0.3) is 0 Å². The number of anilines is 2. The number of aryl methyl sites for hydroxylation is 1. The molecule has 1 aromatic carbocycles. The third-order valence-electron chi connectivity index (χ3n) is 5.37. The van der Waals surface area contributed by atoms with Gasteiger partial charge in [0.05, 0.1) is 6.10 Å². The van der Waals surface area contributed by atoms with Gasteiger partial charge in [-0.15, -0.1) is 0 Å². The molecule has 2 heterocycles. The summed E-state index contributed by atoms with van der Waals surface area (Å²) in [5.41, 5.74) is 2.49. The first-order valence-electron chi connectivity index (χ1n) is 9.77. The minimum absolute atomic E-state index is 0.00695. The quantitative estimate of drug-likeness (QED) is 0.787. The zero-order valence-electron chi connectivity index (χ0n) is 15.3. The number of nitrogens with zero attached hydrogens (tertiary/aromatic N) is 1. The predicted octanol–water partition coefficient (Wildman–Crippen LogP) is 1.61. The Morgan fingerprint density at radius 2 is 1.96 bits per heavy atom. The molecule has 4 rings (SSSR count). The van der Waals surface area contributed by atoms with Crippen molar-refractivity contribution in [3.05, 3.63) is 23.8 Å². The van der Waals surface area contributed by atoms with Crippen LogP contribution < -0.4 is 15.5 Å². The maximum atomic E-state index is 12.5. The van der Waals surface area contributed by atoms with Crippen molar-refractivity contribution in [1.82, 2.24) is 5.32 Å². The molecule has 2 fully saturated rings. The highest BCUT2D eigenvalue weighted by Gasteiger charge is 2.35. The number of hydrogen-bond donors (Lipinski definition) is 2. The lowest BCUT2D eigenvalue weighted by molar-refractivity contribution is -0.136. The fourth-order valence-electron chi connectivity index (χ4n) is 3.71. The highest BCUT2D eigenvalue weighted by Crippen LogP contribution is 2.36. The minimum Gasteiger partial charge on any atom is -0.376 e. The van der Waals surface area contributed by atoms with Crippen molar-refractivity contribution in [2.75, 3.05) is 29.9 Å². The first-order valence-corrected chi connectivity index (χ1v) is 9.77. The number of nitrogens with one attached hydrogen (secondary N) is 2. The van der Waals surface area contributed by atoms with Crippen molar-refractivity contribution in [3.8, 4) is 0 Å². The van der Waals surface area contributed by atoms with Crippen LogP contribution in [0.5, 0.6) is 0 Å². The highest BCUT2D eigenvalue weighted by atomic mass is 16.5. The molecule has 1 saturated heterocycles.